The van der Waals surface area contributed by atoms with Crippen LogP contribution in [0.5, 0.6) is 0 Å². The molecular weight excluding hydrogens is 258 g/mol. The van der Waals surface area contributed by atoms with Crippen LogP contribution >= 0.6 is 0 Å². The number of carbonyl (C=O) groups is 2. The summed E-state index contributed by atoms with van der Waals surface area (Å²) >= 11 is 0. The second-order valence-corrected chi connectivity index (χ2v) is 5.27. The van der Waals surface area contributed by atoms with E-state index in [1.807, 2.05) is 6.07 Å². The molecule has 0 aliphatic heterocycles. The molecule has 2 N–H and O–H groups in total. The van der Waals surface area contributed by atoms with Crippen LogP contribution in [-0.4, -0.2) is 34.1 Å². The second kappa shape index (κ2) is 6.06. The van der Waals surface area contributed by atoms with Crippen LogP contribution in [0.3, 0.4) is 0 Å². The van der Waals surface area contributed by atoms with Crippen molar-refractivity contribution in [1.82, 2.24) is 4.90 Å². The van der Waals surface area contributed by atoms with E-state index in [-0.39, 0.29) is 0 Å². The number of urea groups is 1. The van der Waals surface area contributed by atoms with Crippen molar-refractivity contribution in [2.75, 3.05) is 11.9 Å². The van der Waals surface area contributed by atoms with E-state index in [1.165, 1.54) is 11.0 Å². The fourth-order valence-corrected chi connectivity index (χ4v) is 1.61. The molecule has 1 aromatic carbocycles. The van der Waals surface area contributed by atoms with E-state index >= 15 is 0 Å². The van der Waals surface area contributed by atoms with Gasteiger partial charge in [0.2, 0.25) is 0 Å². The summed E-state index contributed by atoms with van der Waals surface area (Å²) in [6.07, 6.45) is 0. The first-order valence-corrected chi connectivity index (χ1v) is 6.04. The number of anilines is 1. The highest BCUT2D eigenvalue weighted by Gasteiger charge is 2.28. The van der Waals surface area contributed by atoms with E-state index in [0.29, 0.717) is 11.3 Å². The van der Waals surface area contributed by atoms with Gasteiger partial charge in [-0.05, 0) is 39.0 Å². The molecule has 0 aliphatic rings. The molecule has 0 saturated heterocycles. The first-order chi connectivity index (χ1) is 9.24. The van der Waals surface area contributed by atoms with E-state index < -0.39 is 24.1 Å². The van der Waals surface area contributed by atoms with Crippen LogP contribution < -0.4 is 5.32 Å². The Bertz CT molecular complexity index is 556. The van der Waals surface area contributed by atoms with Crippen LogP contribution in [0.4, 0.5) is 10.5 Å². The Balaban J connectivity index is 2.91. The van der Waals surface area contributed by atoms with Gasteiger partial charge in [0.15, 0.2) is 0 Å². The Morgan fingerprint density at radius 3 is 2.55 bits per heavy atom. The molecule has 6 heteroatoms. The van der Waals surface area contributed by atoms with E-state index in [4.69, 9.17) is 10.4 Å². The number of aliphatic carboxylic acids is 1. The molecule has 2 amide bonds. The maximum absolute atomic E-state index is 12.2. The molecule has 0 bridgehead atoms. The lowest BCUT2D eigenvalue weighted by Crippen LogP contribution is -2.50. The number of benzene rings is 1. The highest BCUT2D eigenvalue weighted by Crippen LogP contribution is 2.16. The number of nitrogens with one attached hydrogen (secondary N) is 1. The molecule has 0 atom stereocenters. The molecule has 106 valence electrons. The molecule has 0 radical (unpaired) electrons. The molecule has 0 fully saturated rings. The lowest BCUT2D eigenvalue weighted by Gasteiger charge is -2.34. The Morgan fingerprint density at radius 2 is 2.05 bits per heavy atom. The largest absolute Gasteiger partial charge is 0.480 e. The molecule has 0 aliphatic carbocycles. The van der Waals surface area contributed by atoms with Crippen molar-refractivity contribution in [3.8, 4) is 6.07 Å². The molecule has 0 spiro atoms. The lowest BCUT2D eigenvalue weighted by atomic mass is 10.1. The quantitative estimate of drug-likeness (QED) is 0.884. The van der Waals surface area contributed by atoms with E-state index in [9.17, 15) is 9.59 Å². The molecular formula is C14H17N3O3. The summed E-state index contributed by atoms with van der Waals surface area (Å²) in [5, 5.41) is 20.3. The standard InChI is InChI=1S/C14H17N3O3/c1-14(2,3)17(9-12(18)19)13(20)16-11-6-4-5-10(7-11)8-15/h4-7H,9H2,1-3H3,(H,16,20)(H,18,19). The number of rotatable bonds is 3. The third kappa shape index (κ3) is 4.28. The summed E-state index contributed by atoms with van der Waals surface area (Å²) in [4.78, 5) is 24.2. The van der Waals surface area contributed by atoms with E-state index in [1.54, 1.807) is 39.0 Å². The fourth-order valence-electron chi connectivity index (χ4n) is 1.61. The van der Waals surface area contributed by atoms with Crippen LogP contribution in [0, 0.1) is 11.3 Å². The van der Waals surface area contributed by atoms with Gasteiger partial charge in [-0.15, -0.1) is 0 Å². The molecule has 0 saturated carbocycles. The zero-order valence-electron chi connectivity index (χ0n) is 11.7. The topological polar surface area (TPSA) is 93.4 Å². The average Bonchev–Trinajstić information content (AvgIpc) is 2.34. The molecule has 0 heterocycles. The average molecular weight is 275 g/mol. The van der Waals surface area contributed by atoms with Gasteiger partial charge in [0.05, 0.1) is 11.6 Å². The number of amides is 2. The SMILES string of the molecule is CC(C)(C)N(CC(=O)O)C(=O)Nc1cccc(C#N)c1. The fraction of sp³-hybridized carbons (Fsp3) is 0.357. The van der Waals surface area contributed by atoms with Crippen LogP contribution in [0.2, 0.25) is 0 Å². The summed E-state index contributed by atoms with van der Waals surface area (Å²) in [6.45, 7) is 4.86. The lowest BCUT2D eigenvalue weighted by molar-refractivity contribution is -0.138. The van der Waals surface area contributed by atoms with Gasteiger partial charge < -0.3 is 15.3 Å². The number of carbonyl (C=O) groups excluding carboxylic acids is 1. The van der Waals surface area contributed by atoms with Crippen LogP contribution in [0.1, 0.15) is 26.3 Å². The Kier molecular flexibility index (Phi) is 4.70. The first-order valence-electron chi connectivity index (χ1n) is 6.04. The zero-order chi connectivity index (χ0) is 15.3. The molecule has 1 aromatic rings. The maximum atomic E-state index is 12.2. The minimum Gasteiger partial charge on any atom is -0.480 e. The van der Waals surface area contributed by atoms with Crippen LogP contribution in [-0.2, 0) is 4.79 Å². The summed E-state index contributed by atoms with van der Waals surface area (Å²) in [6, 6.07) is 7.89. The van der Waals surface area contributed by atoms with Crippen molar-refractivity contribution in [2.45, 2.75) is 26.3 Å². The molecule has 1 rings (SSSR count). The summed E-state index contributed by atoms with van der Waals surface area (Å²) in [5.41, 5.74) is 0.243. The minimum atomic E-state index is -1.08. The van der Waals surface area contributed by atoms with Gasteiger partial charge >= 0.3 is 12.0 Å². The van der Waals surface area contributed by atoms with Crippen molar-refractivity contribution in [3.63, 3.8) is 0 Å². The normalized spacial score (nSPS) is 10.5. The molecule has 0 unspecified atom stereocenters. The van der Waals surface area contributed by atoms with Crippen LogP contribution in [0.25, 0.3) is 0 Å². The van der Waals surface area contributed by atoms with Gasteiger partial charge in [0.1, 0.15) is 6.54 Å². The van der Waals surface area contributed by atoms with Crippen molar-refractivity contribution < 1.29 is 14.7 Å². The molecule has 6 nitrogen and oxygen atoms in total. The van der Waals surface area contributed by atoms with Crippen molar-refractivity contribution in [2.24, 2.45) is 0 Å². The predicted octanol–water partition coefficient (Wildman–Crippen LogP) is 2.28. The smallest absolute Gasteiger partial charge is 0.323 e. The summed E-state index contributed by atoms with van der Waals surface area (Å²) < 4.78 is 0. The number of hydrogen-bond acceptors (Lipinski definition) is 3. The number of carboxylic acid groups (broad SMARTS) is 1. The number of nitrogens with zero attached hydrogens (tertiary/aromatic N) is 2. The van der Waals surface area contributed by atoms with E-state index in [2.05, 4.69) is 5.32 Å². The minimum absolute atomic E-state index is 0.396. The monoisotopic (exact) mass is 275 g/mol. The Hall–Kier alpha value is -2.55. The summed E-state index contributed by atoms with van der Waals surface area (Å²) in [5.74, 6) is -1.08. The van der Waals surface area contributed by atoms with Gasteiger partial charge in [0.25, 0.3) is 0 Å². The Morgan fingerprint density at radius 1 is 1.40 bits per heavy atom. The van der Waals surface area contributed by atoms with Gasteiger partial charge in [-0.3, -0.25) is 4.79 Å². The highest BCUT2D eigenvalue weighted by molar-refractivity contribution is 5.92. The second-order valence-electron chi connectivity index (χ2n) is 5.27. The number of hydrogen-bond donors (Lipinski definition) is 2. The van der Waals surface area contributed by atoms with Crippen molar-refractivity contribution in [3.05, 3.63) is 29.8 Å². The third-order valence-corrected chi connectivity index (χ3v) is 2.59. The van der Waals surface area contributed by atoms with Crippen molar-refractivity contribution in [1.29, 1.82) is 5.26 Å². The van der Waals surface area contributed by atoms with Gasteiger partial charge in [-0.25, -0.2) is 4.79 Å². The third-order valence-electron chi connectivity index (χ3n) is 2.59. The molecule has 0 aromatic heterocycles. The van der Waals surface area contributed by atoms with Gasteiger partial charge in [-0.1, -0.05) is 6.07 Å². The maximum Gasteiger partial charge on any atom is 0.323 e. The van der Waals surface area contributed by atoms with Gasteiger partial charge in [0, 0.05) is 11.2 Å². The highest BCUT2D eigenvalue weighted by atomic mass is 16.4. The predicted molar refractivity (Wildman–Crippen MR) is 74.3 cm³/mol. The Labute approximate surface area is 117 Å². The van der Waals surface area contributed by atoms with Gasteiger partial charge in [-0.2, -0.15) is 5.26 Å². The first kappa shape index (κ1) is 15.5. The zero-order valence-corrected chi connectivity index (χ0v) is 11.7. The van der Waals surface area contributed by atoms with Crippen molar-refractivity contribution >= 4 is 17.7 Å². The number of nitriles is 1. The van der Waals surface area contributed by atoms with Crippen LogP contribution in [0.15, 0.2) is 24.3 Å². The number of carboxylic acids is 1. The molecule has 20 heavy (non-hydrogen) atoms. The summed E-state index contributed by atoms with van der Waals surface area (Å²) in [7, 11) is 0. The van der Waals surface area contributed by atoms with E-state index in [0.717, 1.165) is 0 Å².